The first-order valence-corrected chi connectivity index (χ1v) is 7.25. The van der Waals surface area contributed by atoms with E-state index in [-0.39, 0.29) is 24.9 Å². The zero-order valence-corrected chi connectivity index (χ0v) is 12.4. The van der Waals surface area contributed by atoms with Crippen LogP contribution in [0.3, 0.4) is 0 Å². The van der Waals surface area contributed by atoms with Crippen LogP contribution in [-0.4, -0.2) is 43.6 Å². The lowest BCUT2D eigenvalue weighted by Gasteiger charge is -2.37. The molecule has 1 heterocycles. The number of aliphatic hydroxyl groups is 1. The molecule has 118 valence electrons. The highest BCUT2D eigenvalue weighted by Crippen LogP contribution is 2.28. The van der Waals surface area contributed by atoms with Crippen LogP contribution < -0.4 is 10.2 Å². The van der Waals surface area contributed by atoms with Gasteiger partial charge in [-0.2, -0.15) is 0 Å². The van der Waals surface area contributed by atoms with E-state index in [2.05, 4.69) is 5.32 Å². The Morgan fingerprint density at radius 3 is 2.57 bits per heavy atom. The lowest BCUT2D eigenvalue weighted by molar-refractivity contribution is -0.0423. The number of rotatable bonds is 5. The van der Waals surface area contributed by atoms with Gasteiger partial charge in [0.1, 0.15) is 17.3 Å². The monoisotopic (exact) mass is 300 g/mol. The van der Waals surface area contributed by atoms with Gasteiger partial charge >= 0.3 is 0 Å². The van der Waals surface area contributed by atoms with Gasteiger partial charge in [-0.15, -0.1) is 0 Å². The smallest absolute Gasteiger partial charge is 0.149 e. The van der Waals surface area contributed by atoms with Gasteiger partial charge in [0.2, 0.25) is 0 Å². The van der Waals surface area contributed by atoms with Gasteiger partial charge in [0.25, 0.3) is 0 Å². The van der Waals surface area contributed by atoms with Crippen molar-refractivity contribution in [1.29, 1.82) is 0 Å². The maximum atomic E-state index is 14.3. The van der Waals surface area contributed by atoms with E-state index in [0.717, 1.165) is 6.54 Å². The minimum absolute atomic E-state index is 0.0381. The zero-order chi connectivity index (χ0) is 15.4. The minimum Gasteiger partial charge on any atom is -0.394 e. The number of benzene rings is 1. The average Bonchev–Trinajstić information content (AvgIpc) is 2.43. The summed E-state index contributed by atoms with van der Waals surface area (Å²) in [6.45, 7) is 5.45. The number of morpholine rings is 1. The van der Waals surface area contributed by atoms with E-state index in [1.807, 2.05) is 13.8 Å². The Morgan fingerprint density at radius 1 is 1.33 bits per heavy atom. The van der Waals surface area contributed by atoms with Gasteiger partial charge in [0.05, 0.1) is 18.8 Å². The molecule has 4 nitrogen and oxygen atoms in total. The predicted molar refractivity (Wildman–Crippen MR) is 77.4 cm³/mol. The fraction of sp³-hybridized carbons (Fsp3) is 0.600. The second-order valence-electron chi connectivity index (χ2n) is 5.34. The van der Waals surface area contributed by atoms with Crippen LogP contribution in [0.4, 0.5) is 14.5 Å². The Balaban J connectivity index is 2.22. The quantitative estimate of drug-likeness (QED) is 0.868. The molecule has 2 N–H and O–H groups in total. The van der Waals surface area contributed by atoms with Crippen molar-refractivity contribution in [2.24, 2.45) is 0 Å². The van der Waals surface area contributed by atoms with Crippen molar-refractivity contribution in [3.05, 3.63) is 29.3 Å². The highest BCUT2D eigenvalue weighted by atomic mass is 19.1. The first kappa shape index (κ1) is 16.1. The maximum absolute atomic E-state index is 14.3. The molecule has 1 fully saturated rings. The molecule has 0 bridgehead atoms. The van der Waals surface area contributed by atoms with Crippen molar-refractivity contribution >= 4 is 5.69 Å². The fourth-order valence-corrected chi connectivity index (χ4v) is 2.62. The second kappa shape index (κ2) is 7.15. The number of aliphatic hydroxyl groups excluding tert-OH is 1. The summed E-state index contributed by atoms with van der Waals surface area (Å²) in [5.74, 6) is -1.15. The summed E-state index contributed by atoms with van der Waals surface area (Å²) < 4.78 is 34.0. The molecule has 6 heteroatoms. The van der Waals surface area contributed by atoms with Gasteiger partial charge in [0.15, 0.2) is 0 Å². The van der Waals surface area contributed by atoms with E-state index in [0.29, 0.717) is 18.7 Å². The number of hydrogen-bond acceptors (Lipinski definition) is 4. The first-order valence-electron chi connectivity index (χ1n) is 7.25. The van der Waals surface area contributed by atoms with Gasteiger partial charge < -0.3 is 20.1 Å². The molecule has 0 amide bonds. The Labute approximate surface area is 123 Å². The number of anilines is 1. The molecule has 21 heavy (non-hydrogen) atoms. The molecule has 2 unspecified atom stereocenters. The van der Waals surface area contributed by atoms with Crippen LogP contribution in [0.5, 0.6) is 0 Å². The van der Waals surface area contributed by atoms with E-state index in [4.69, 9.17) is 4.74 Å². The van der Waals surface area contributed by atoms with Crippen molar-refractivity contribution in [3.8, 4) is 0 Å². The molecule has 1 aromatic carbocycles. The molecule has 0 aromatic heterocycles. The molecule has 1 aliphatic rings. The molecule has 0 radical (unpaired) electrons. The van der Waals surface area contributed by atoms with E-state index < -0.39 is 17.7 Å². The Hall–Kier alpha value is -1.24. The maximum Gasteiger partial charge on any atom is 0.149 e. The lowest BCUT2D eigenvalue weighted by Crippen LogP contribution is -2.48. The predicted octanol–water partition coefficient (Wildman–Crippen LogP) is 1.66. The summed E-state index contributed by atoms with van der Waals surface area (Å²) >= 11 is 0. The summed E-state index contributed by atoms with van der Waals surface area (Å²) in [5, 5.41) is 12.2. The number of ether oxygens (including phenoxy) is 1. The normalized spacial score (nSPS) is 22.6. The van der Waals surface area contributed by atoms with Crippen molar-refractivity contribution in [2.75, 3.05) is 31.1 Å². The highest BCUT2D eigenvalue weighted by Gasteiger charge is 2.28. The Morgan fingerprint density at radius 2 is 2.00 bits per heavy atom. The van der Waals surface area contributed by atoms with Crippen molar-refractivity contribution in [1.82, 2.24) is 5.32 Å². The number of nitrogens with zero attached hydrogens (tertiary/aromatic N) is 1. The summed E-state index contributed by atoms with van der Waals surface area (Å²) in [7, 11) is 0. The molecule has 2 rings (SSSR count). The molecule has 1 aromatic rings. The van der Waals surface area contributed by atoms with Gasteiger partial charge in [-0.3, -0.25) is 0 Å². The third-order valence-corrected chi connectivity index (χ3v) is 3.50. The Kier molecular flexibility index (Phi) is 5.50. The number of hydrogen-bond donors (Lipinski definition) is 2. The average molecular weight is 300 g/mol. The number of nitrogens with one attached hydrogen (secondary N) is 1. The van der Waals surface area contributed by atoms with Crippen molar-refractivity contribution < 1.29 is 18.6 Å². The third-order valence-electron chi connectivity index (χ3n) is 3.50. The highest BCUT2D eigenvalue weighted by molar-refractivity contribution is 5.51. The molecule has 1 saturated heterocycles. The summed E-state index contributed by atoms with van der Waals surface area (Å²) in [6.07, 6.45) is -0.606. The summed E-state index contributed by atoms with van der Waals surface area (Å²) in [4.78, 5) is 1.61. The molecule has 1 aliphatic heterocycles. The number of halogens is 2. The van der Waals surface area contributed by atoms with E-state index in [1.165, 1.54) is 12.1 Å². The van der Waals surface area contributed by atoms with E-state index in [1.54, 1.807) is 4.90 Å². The van der Waals surface area contributed by atoms with Crippen LogP contribution in [0.15, 0.2) is 12.1 Å². The van der Waals surface area contributed by atoms with Crippen LogP contribution in [0.25, 0.3) is 0 Å². The SMILES string of the molecule is CCNCc1cc(F)c(N2CC(C)OC(CO)C2)c(F)c1. The molecular weight excluding hydrogens is 278 g/mol. The Bertz CT molecular complexity index is 462. The van der Waals surface area contributed by atoms with E-state index in [9.17, 15) is 13.9 Å². The molecule has 0 spiro atoms. The van der Waals surface area contributed by atoms with Crippen LogP contribution in [0.1, 0.15) is 19.4 Å². The van der Waals surface area contributed by atoms with Crippen molar-refractivity contribution in [2.45, 2.75) is 32.6 Å². The molecular formula is C15H22F2N2O2. The van der Waals surface area contributed by atoms with E-state index >= 15 is 0 Å². The van der Waals surface area contributed by atoms with Crippen LogP contribution in [0.2, 0.25) is 0 Å². The molecule has 0 aliphatic carbocycles. The fourth-order valence-electron chi connectivity index (χ4n) is 2.62. The second-order valence-corrected chi connectivity index (χ2v) is 5.34. The molecule has 2 atom stereocenters. The zero-order valence-electron chi connectivity index (χ0n) is 12.4. The molecule has 0 saturated carbocycles. The lowest BCUT2D eigenvalue weighted by atomic mass is 10.1. The third kappa shape index (κ3) is 3.90. The van der Waals surface area contributed by atoms with Crippen LogP contribution >= 0.6 is 0 Å². The largest absolute Gasteiger partial charge is 0.394 e. The van der Waals surface area contributed by atoms with Gasteiger partial charge in [0, 0.05) is 19.6 Å². The van der Waals surface area contributed by atoms with Gasteiger partial charge in [-0.1, -0.05) is 6.92 Å². The minimum atomic E-state index is -0.575. The van der Waals surface area contributed by atoms with Crippen LogP contribution in [-0.2, 0) is 11.3 Å². The topological polar surface area (TPSA) is 44.7 Å². The van der Waals surface area contributed by atoms with Gasteiger partial charge in [-0.25, -0.2) is 8.78 Å². The summed E-state index contributed by atoms with van der Waals surface area (Å²) in [5.41, 5.74) is 0.541. The van der Waals surface area contributed by atoms with Crippen LogP contribution in [0, 0.1) is 11.6 Å². The van der Waals surface area contributed by atoms with Crippen molar-refractivity contribution in [3.63, 3.8) is 0 Å². The standard InChI is InChI=1S/C15H22F2N2O2/c1-3-18-6-11-4-13(16)15(14(17)5-11)19-7-10(2)21-12(8-19)9-20/h4-5,10,12,18,20H,3,6-9H2,1-2H3. The van der Waals surface area contributed by atoms with Gasteiger partial charge in [-0.05, 0) is 31.2 Å². The first-order chi connectivity index (χ1) is 10.0. The summed E-state index contributed by atoms with van der Waals surface area (Å²) in [6, 6.07) is 2.71.